The Balaban J connectivity index is 1.75. The van der Waals surface area contributed by atoms with Gasteiger partial charge < -0.3 is 20.3 Å². The van der Waals surface area contributed by atoms with Crippen molar-refractivity contribution in [1.29, 1.82) is 0 Å². The molecular formula is C22H24N4O2. The highest BCUT2D eigenvalue weighted by Crippen LogP contribution is 2.26. The van der Waals surface area contributed by atoms with Crippen molar-refractivity contribution >= 4 is 28.8 Å². The monoisotopic (exact) mass is 376 g/mol. The molecule has 144 valence electrons. The minimum Gasteiger partial charge on any atom is -0.495 e. The van der Waals surface area contributed by atoms with E-state index in [-0.39, 0.29) is 5.91 Å². The molecule has 0 aliphatic rings. The Labute approximate surface area is 165 Å². The smallest absolute Gasteiger partial charge is 0.255 e. The van der Waals surface area contributed by atoms with Crippen LogP contribution >= 0.6 is 0 Å². The highest BCUT2D eigenvalue weighted by molar-refractivity contribution is 6.05. The summed E-state index contributed by atoms with van der Waals surface area (Å²) >= 11 is 0. The maximum Gasteiger partial charge on any atom is 0.255 e. The first-order valence-corrected chi connectivity index (χ1v) is 8.93. The molecule has 1 aromatic heterocycles. The minimum atomic E-state index is -0.225. The number of hydrogen-bond acceptors (Lipinski definition) is 5. The molecule has 0 saturated heterocycles. The number of carbonyl (C=O) groups excluding carboxylic acids is 1. The van der Waals surface area contributed by atoms with Crippen LogP contribution in [-0.4, -0.2) is 32.1 Å². The zero-order chi connectivity index (χ0) is 20.1. The highest BCUT2D eigenvalue weighted by Gasteiger charge is 2.11. The van der Waals surface area contributed by atoms with Crippen LogP contribution in [0.25, 0.3) is 0 Å². The van der Waals surface area contributed by atoms with Gasteiger partial charge in [-0.05, 0) is 61.0 Å². The number of aromatic nitrogens is 1. The van der Waals surface area contributed by atoms with E-state index >= 15 is 0 Å². The number of methoxy groups -OCH3 is 1. The molecule has 0 fully saturated rings. The minimum absolute atomic E-state index is 0.225. The molecule has 1 heterocycles. The zero-order valence-corrected chi connectivity index (χ0v) is 16.5. The van der Waals surface area contributed by atoms with Crippen molar-refractivity contribution in [3.8, 4) is 5.75 Å². The van der Waals surface area contributed by atoms with Crippen molar-refractivity contribution in [2.24, 2.45) is 0 Å². The van der Waals surface area contributed by atoms with Crippen LogP contribution < -0.4 is 20.3 Å². The van der Waals surface area contributed by atoms with E-state index in [9.17, 15) is 4.79 Å². The van der Waals surface area contributed by atoms with Crippen LogP contribution in [0.5, 0.6) is 5.75 Å². The molecule has 2 N–H and O–H groups in total. The van der Waals surface area contributed by atoms with Crippen molar-refractivity contribution in [2.75, 3.05) is 36.7 Å². The summed E-state index contributed by atoms with van der Waals surface area (Å²) in [5.74, 6) is 0.992. The molecule has 6 heteroatoms. The Morgan fingerprint density at radius 3 is 2.46 bits per heavy atom. The van der Waals surface area contributed by atoms with Gasteiger partial charge in [0.1, 0.15) is 11.6 Å². The SMILES string of the molecule is COc1ccc(C)cc1NC(=O)c1ccnc(Nc2ccc(N(C)C)cc2)c1. The topological polar surface area (TPSA) is 66.5 Å². The van der Waals surface area contributed by atoms with Gasteiger partial charge in [0, 0.05) is 37.2 Å². The van der Waals surface area contributed by atoms with E-state index in [4.69, 9.17) is 4.74 Å². The van der Waals surface area contributed by atoms with Gasteiger partial charge in [0.15, 0.2) is 0 Å². The van der Waals surface area contributed by atoms with Crippen LogP contribution in [0.15, 0.2) is 60.8 Å². The first kappa shape index (κ1) is 19.2. The fourth-order valence-corrected chi connectivity index (χ4v) is 2.74. The number of nitrogens with zero attached hydrogens (tertiary/aromatic N) is 2. The lowest BCUT2D eigenvalue weighted by atomic mass is 10.2. The van der Waals surface area contributed by atoms with Gasteiger partial charge in [0.25, 0.3) is 5.91 Å². The second kappa shape index (κ2) is 8.43. The largest absolute Gasteiger partial charge is 0.495 e. The maximum atomic E-state index is 12.7. The van der Waals surface area contributed by atoms with Crippen LogP contribution in [0.2, 0.25) is 0 Å². The van der Waals surface area contributed by atoms with Crippen molar-refractivity contribution in [3.05, 3.63) is 71.9 Å². The molecule has 2 aromatic carbocycles. The van der Waals surface area contributed by atoms with Gasteiger partial charge in [-0.3, -0.25) is 4.79 Å². The molecule has 0 unspecified atom stereocenters. The summed E-state index contributed by atoms with van der Waals surface area (Å²) < 4.78 is 5.32. The molecule has 3 aromatic rings. The third-order valence-electron chi connectivity index (χ3n) is 4.28. The number of pyridine rings is 1. The quantitative estimate of drug-likeness (QED) is 0.665. The average Bonchev–Trinajstić information content (AvgIpc) is 2.69. The molecule has 0 saturated carbocycles. The molecule has 0 spiro atoms. The number of nitrogens with one attached hydrogen (secondary N) is 2. The first-order chi connectivity index (χ1) is 13.5. The summed E-state index contributed by atoms with van der Waals surface area (Å²) in [5, 5.41) is 6.13. The van der Waals surface area contributed by atoms with Crippen molar-refractivity contribution in [1.82, 2.24) is 4.98 Å². The van der Waals surface area contributed by atoms with Crippen molar-refractivity contribution < 1.29 is 9.53 Å². The Morgan fingerprint density at radius 2 is 1.79 bits per heavy atom. The number of hydrogen-bond donors (Lipinski definition) is 2. The van der Waals surface area contributed by atoms with E-state index in [2.05, 4.69) is 15.6 Å². The molecule has 1 amide bonds. The Bertz CT molecular complexity index is 969. The Morgan fingerprint density at radius 1 is 1.04 bits per heavy atom. The summed E-state index contributed by atoms with van der Waals surface area (Å²) in [6.07, 6.45) is 1.61. The normalized spacial score (nSPS) is 10.3. The molecule has 0 aliphatic heterocycles. The van der Waals surface area contributed by atoms with Crippen molar-refractivity contribution in [2.45, 2.75) is 6.92 Å². The van der Waals surface area contributed by atoms with E-state index in [1.807, 2.05) is 68.4 Å². The van der Waals surface area contributed by atoms with Gasteiger partial charge in [0.05, 0.1) is 12.8 Å². The predicted octanol–water partition coefficient (Wildman–Crippen LogP) is 4.46. The number of carbonyl (C=O) groups is 1. The van der Waals surface area contributed by atoms with Gasteiger partial charge >= 0.3 is 0 Å². The summed E-state index contributed by atoms with van der Waals surface area (Å²) in [6.45, 7) is 1.96. The predicted molar refractivity (Wildman–Crippen MR) is 114 cm³/mol. The van der Waals surface area contributed by atoms with Gasteiger partial charge in [0.2, 0.25) is 0 Å². The Kier molecular flexibility index (Phi) is 5.79. The number of aryl methyl sites for hydroxylation is 1. The van der Waals surface area contributed by atoms with Gasteiger partial charge in [-0.25, -0.2) is 4.98 Å². The third kappa shape index (κ3) is 4.59. The fourth-order valence-electron chi connectivity index (χ4n) is 2.74. The second-order valence-electron chi connectivity index (χ2n) is 6.65. The standard InChI is InChI=1S/C22H24N4O2/c1-15-5-10-20(28-4)19(13-15)25-22(27)16-11-12-23-21(14-16)24-17-6-8-18(9-7-17)26(2)3/h5-14H,1-4H3,(H,23,24)(H,25,27). The van der Waals surface area contributed by atoms with Gasteiger partial charge in [-0.2, -0.15) is 0 Å². The number of ether oxygens (including phenoxy) is 1. The summed E-state index contributed by atoms with van der Waals surface area (Å²) in [4.78, 5) is 19.0. The van der Waals surface area contributed by atoms with E-state index in [1.54, 1.807) is 25.4 Å². The molecule has 0 radical (unpaired) electrons. The molecule has 0 atom stereocenters. The maximum absolute atomic E-state index is 12.7. The molecular weight excluding hydrogens is 352 g/mol. The second-order valence-corrected chi connectivity index (χ2v) is 6.65. The van der Waals surface area contributed by atoms with Crippen LogP contribution in [0.3, 0.4) is 0 Å². The van der Waals surface area contributed by atoms with Gasteiger partial charge in [-0.15, -0.1) is 0 Å². The van der Waals surface area contributed by atoms with Crippen LogP contribution in [0.4, 0.5) is 22.9 Å². The highest BCUT2D eigenvalue weighted by atomic mass is 16.5. The fraction of sp³-hybridized carbons (Fsp3) is 0.182. The van der Waals surface area contributed by atoms with E-state index in [1.165, 1.54) is 0 Å². The van der Waals surface area contributed by atoms with Crippen molar-refractivity contribution in [3.63, 3.8) is 0 Å². The lowest BCUT2D eigenvalue weighted by molar-refractivity contribution is 0.102. The number of amides is 1. The summed E-state index contributed by atoms with van der Waals surface area (Å²) in [5.41, 5.74) is 4.19. The zero-order valence-electron chi connectivity index (χ0n) is 16.5. The lowest BCUT2D eigenvalue weighted by Gasteiger charge is -2.14. The lowest BCUT2D eigenvalue weighted by Crippen LogP contribution is -2.13. The summed E-state index contributed by atoms with van der Waals surface area (Å²) in [7, 11) is 5.57. The number of benzene rings is 2. The molecule has 0 aliphatic carbocycles. The van der Waals surface area contributed by atoms with E-state index in [0.717, 1.165) is 16.9 Å². The number of rotatable bonds is 6. The van der Waals surface area contributed by atoms with E-state index in [0.29, 0.717) is 22.8 Å². The molecule has 0 bridgehead atoms. The third-order valence-corrected chi connectivity index (χ3v) is 4.28. The molecule has 3 rings (SSSR count). The molecule has 6 nitrogen and oxygen atoms in total. The van der Waals surface area contributed by atoms with Crippen LogP contribution in [-0.2, 0) is 0 Å². The van der Waals surface area contributed by atoms with Crippen LogP contribution in [0, 0.1) is 6.92 Å². The first-order valence-electron chi connectivity index (χ1n) is 8.93. The van der Waals surface area contributed by atoms with Crippen LogP contribution in [0.1, 0.15) is 15.9 Å². The number of anilines is 4. The van der Waals surface area contributed by atoms with Gasteiger partial charge in [-0.1, -0.05) is 6.07 Å². The Hall–Kier alpha value is -3.54. The molecule has 28 heavy (non-hydrogen) atoms. The van der Waals surface area contributed by atoms with E-state index < -0.39 is 0 Å². The summed E-state index contributed by atoms with van der Waals surface area (Å²) in [6, 6.07) is 17.0. The average molecular weight is 376 g/mol.